The molecule has 0 spiro atoms. The third kappa shape index (κ3) is 3.71. The lowest BCUT2D eigenvalue weighted by molar-refractivity contribution is 0.309. The normalized spacial score (nSPS) is 13.4. The average molecular weight is 360 g/mol. The standard InChI is InChI=1S/C18H17FN2O3S/c1-23-18-10-16-14(9-15(18)19)17(6-7-21-16)24-11-12-4-3-5-13(8-12)25(2,20)22/h3-10,20H,11H2,1-2H3. The Morgan fingerprint density at radius 1 is 1.20 bits per heavy atom. The first kappa shape index (κ1) is 17.2. The first-order valence-electron chi connectivity index (χ1n) is 7.46. The molecule has 1 atom stereocenters. The molecule has 0 aliphatic heterocycles. The monoisotopic (exact) mass is 360 g/mol. The molecule has 5 nitrogen and oxygen atoms in total. The molecule has 3 rings (SSSR count). The number of pyridine rings is 1. The van der Waals surface area contributed by atoms with Crippen molar-refractivity contribution in [3.8, 4) is 11.5 Å². The molecule has 1 aromatic heterocycles. The maximum Gasteiger partial charge on any atom is 0.165 e. The molecule has 0 saturated carbocycles. The van der Waals surface area contributed by atoms with E-state index in [4.69, 9.17) is 14.3 Å². The summed E-state index contributed by atoms with van der Waals surface area (Å²) in [6.07, 6.45) is 2.95. The summed E-state index contributed by atoms with van der Waals surface area (Å²) in [5, 5.41) is 0.539. The van der Waals surface area contributed by atoms with E-state index in [1.165, 1.54) is 25.5 Å². The van der Waals surface area contributed by atoms with Crippen molar-refractivity contribution in [2.24, 2.45) is 0 Å². The second-order valence-corrected chi connectivity index (χ2v) is 7.75. The zero-order valence-electron chi connectivity index (χ0n) is 13.8. The van der Waals surface area contributed by atoms with Gasteiger partial charge in [0, 0.05) is 28.8 Å². The Labute approximate surface area is 145 Å². The highest BCUT2D eigenvalue weighted by Gasteiger charge is 2.10. The predicted octanol–water partition coefficient (Wildman–Crippen LogP) is 4.00. The summed E-state index contributed by atoms with van der Waals surface area (Å²) in [5.74, 6) is 0.118. The van der Waals surface area contributed by atoms with Gasteiger partial charge in [0.25, 0.3) is 0 Å². The zero-order chi connectivity index (χ0) is 18.0. The van der Waals surface area contributed by atoms with Gasteiger partial charge in [-0.15, -0.1) is 0 Å². The highest BCUT2D eigenvalue weighted by Crippen LogP contribution is 2.30. The van der Waals surface area contributed by atoms with Gasteiger partial charge in [0.05, 0.1) is 22.4 Å². The minimum atomic E-state index is -2.79. The Morgan fingerprint density at radius 3 is 2.72 bits per heavy atom. The number of nitrogens with one attached hydrogen (secondary N) is 1. The molecular formula is C18H17FN2O3S. The van der Waals surface area contributed by atoms with Gasteiger partial charge in [0.15, 0.2) is 11.6 Å². The van der Waals surface area contributed by atoms with Crippen molar-refractivity contribution in [3.63, 3.8) is 0 Å². The molecule has 0 amide bonds. The molecule has 0 fully saturated rings. The molecule has 130 valence electrons. The average Bonchev–Trinajstić information content (AvgIpc) is 2.59. The Morgan fingerprint density at radius 2 is 2.00 bits per heavy atom. The number of rotatable bonds is 5. The number of nitrogens with zero attached hydrogens (tertiary/aromatic N) is 1. The van der Waals surface area contributed by atoms with Crippen molar-refractivity contribution in [2.45, 2.75) is 11.5 Å². The van der Waals surface area contributed by atoms with E-state index in [0.29, 0.717) is 21.5 Å². The predicted molar refractivity (Wildman–Crippen MR) is 94.1 cm³/mol. The summed E-state index contributed by atoms with van der Waals surface area (Å²) in [6.45, 7) is 0.204. The van der Waals surface area contributed by atoms with Crippen molar-refractivity contribution in [1.82, 2.24) is 4.98 Å². The van der Waals surface area contributed by atoms with Gasteiger partial charge < -0.3 is 9.47 Å². The molecule has 1 unspecified atom stereocenters. The summed E-state index contributed by atoms with van der Waals surface area (Å²) in [7, 11) is -1.39. The van der Waals surface area contributed by atoms with Crippen molar-refractivity contribution >= 4 is 20.6 Å². The van der Waals surface area contributed by atoms with E-state index in [1.807, 2.05) is 6.07 Å². The highest BCUT2D eigenvalue weighted by atomic mass is 32.2. The largest absolute Gasteiger partial charge is 0.494 e. The number of benzene rings is 2. The van der Waals surface area contributed by atoms with E-state index < -0.39 is 15.5 Å². The van der Waals surface area contributed by atoms with Crippen LogP contribution in [-0.2, 0) is 16.3 Å². The van der Waals surface area contributed by atoms with Crippen molar-refractivity contribution in [1.29, 1.82) is 4.78 Å². The first-order valence-corrected chi connectivity index (χ1v) is 9.43. The van der Waals surface area contributed by atoms with Crippen LogP contribution in [0.5, 0.6) is 11.5 Å². The van der Waals surface area contributed by atoms with Gasteiger partial charge in [0.1, 0.15) is 12.4 Å². The van der Waals surface area contributed by atoms with Crippen LogP contribution >= 0.6 is 0 Å². The minimum absolute atomic E-state index is 0.123. The molecule has 0 saturated heterocycles. The summed E-state index contributed by atoms with van der Waals surface area (Å²) in [4.78, 5) is 4.65. The molecule has 0 radical (unpaired) electrons. The Kier molecular flexibility index (Phi) is 4.59. The molecule has 3 aromatic rings. The van der Waals surface area contributed by atoms with Gasteiger partial charge in [-0.3, -0.25) is 4.98 Å². The lowest BCUT2D eigenvalue weighted by Crippen LogP contribution is -2.00. The maximum absolute atomic E-state index is 14.0. The minimum Gasteiger partial charge on any atom is -0.494 e. The Balaban J connectivity index is 1.90. The van der Waals surface area contributed by atoms with Crippen molar-refractivity contribution in [3.05, 3.63) is 60.0 Å². The van der Waals surface area contributed by atoms with Crippen LogP contribution in [0.4, 0.5) is 4.39 Å². The number of methoxy groups -OCH3 is 1. The molecule has 7 heteroatoms. The van der Waals surface area contributed by atoms with E-state index in [1.54, 1.807) is 30.5 Å². The zero-order valence-corrected chi connectivity index (χ0v) is 14.6. The molecule has 0 aliphatic rings. The Hall–Kier alpha value is -2.67. The lowest BCUT2D eigenvalue weighted by atomic mass is 10.2. The van der Waals surface area contributed by atoms with E-state index in [2.05, 4.69) is 4.98 Å². The molecule has 0 aliphatic carbocycles. The molecular weight excluding hydrogens is 343 g/mol. The summed E-state index contributed by atoms with van der Waals surface area (Å²) in [5.41, 5.74) is 1.34. The third-order valence-corrected chi connectivity index (χ3v) is 4.87. The summed E-state index contributed by atoms with van der Waals surface area (Å²) < 4.78 is 44.3. The highest BCUT2D eigenvalue weighted by molar-refractivity contribution is 7.91. The van der Waals surface area contributed by atoms with Gasteiger partial charge in [-0.05, 0) is 29.8 Å². The number of ether oxygens (including phenoxy) is 2. The quantitative estimate of drug-likeness (QED) is 0.746. The number of hydrogen-bond donors (Lipinski definition) is 1. The molecule has 1 N–H and O–H groups in total. The van der Waals surface area contributed by atoms with Crippen molar-refractivity contribution < 1.29 is 18.1 Å². The summed E-state index contributed by atoms with van der Waals surface area (Å²) >= 11 is 0. The number of fused-ring (bicyclic) bond motifs is 1. The van der Waals surface area contributed by atoms with E-state index in [9.17, 15) is 8.60 Å². The van der Waals surface area contributed by atoms with Crippen LogP contribution in [0, 0.1) is 10.6 Å². The molecule has 2 aromatic carbocycles. The second kappa shape index (κ2) is 6.68. The molecule has 0 bridgehead atoms. The SMILES string of the molecule is COc1cc2nccc(OCc3cccc(S(C)(=N)=O)c3)c2cc1F. The van der Waals surface area contributed by atoms with Crippen LogP contribution in [0.1, 0.15) is 5.56 Å². The van der Waals surface area contributed by atoms with Crippen LogP contribution in [0.2, 0.25) is 0 Å². The maximum atomic E-state index is 14.0. The topological polar surface area (TPSA) is 72.3 Å². The van der Waals surface area contributed by atoms with Gasteiger partial charge in [0.2, 0.25) is 0 Å². The van der Waals surface area contributed by atoms with Crippen LogP contribution < -0.4 is 9.47 Å². The number of halogens is 1. The van der Waals surface area contributed by atoms with Gasteiger partial charge in [-0.25, -0.2) is 13.4 Å². The van der Waals surface area contributed by atoms with Gasteiger partial charge >= 0.3 is 0 Å². The summed E-state index contributed by atoms with van der Waals surface area (Å²) in [6, 6.07) is 11.4. The second-order valence-electron chi connectivity index (χ2n) is 5.59. The Bertz CT molecular complexity index is 1040. The third-order valence-electron chi connectivity index (χ3n) is 3.72. The van der Waals surface area contributed by atoms with Crippen LogP contribution in [0.15, 0.2) is 53.6 Å². The van der Waals surface area contributed by atoms with E-state index in [-0.39, 0.29) is 12.4 Å². The smallest absolute Gasteiger partial charge is 0.165 e. The van der Waals surface area contributed by atoms with Crippen LogP contribution in [0.3, 0.4) is 0 Å². The first-order chi connectivity index (χ1) is 11.9. The molecule has 1 heterocycles. The van der Waals surface area contributed by atoms with E-state index >= 15 is 0 Å². The van der Waals surface area contributed by atoms with Crippen molar-refractivity contribution in [2.75, 3.05) is 13.4 Å². The number of hydrogen-bond acceptors (Lipinski definition) is 5. The fourth-order valence-corrected chi connectivity index (χ4v) is 3.16. The number of aromatic nitrogens is 1. The van der Waals surface area contributed by atoms with Crippen LogP contribution in [-0.4, -0.2) is 22.6 Å². The van der Waals surface area contributed by atoms with Gasteiger partial charge in [-0.1, -0.05) is 12.1 Å². The van der Waals surface area contributed by atoms with Crippen LogP contribution in [0.25, 0.3) is 10.9 Å². The molecule has 25 heavy (non-hydrogen) atoms. The fourth-order valence-electron chi connectivity index (χ4n) is 2.44. The van der Waals surface area contributed by atoms with Gasteiger partial charge in [-0.2, -0.15) is 0 Å². The lowest BCUT2D eigenvalue weighted by Gasteiger charge is -2.11. The fraction of sp³-hybridized carbons (Fsp3) is 0.167. The van der Waals surface area contributed by atoms with E-state index in [0.717, 1.165) is 5.56 Å².